The minimum Gasteiger partial charge on any atom is -0.361 e. The molecule has 0 aromatic carbocycles. The predicted octanol–water partition coefficient (Wildman–Crippen LogP) is 1.10. The van der Waals surface area contributed by atoms with Gasteiger partial charge in [0.2, 0.25) is 5.91 Å². The number of hydrogen-bond donors (Lipinski definition) is 2. The molecule has 2 N–H and O–H groups in total. The minimum atomic E-state index is 0. The molecule has 0 saturated carbocycles. The van der Waals surface area contributed by atoms with Gasteiger partial charge in [0.05, 0.1) is 12.1 Å². The molecule has 0 aliphatic carbocycles. The Morgan fingerprint density at radius 3 is 2.68 bits per heavy atom. The van der Waals surface area contributed by atoms with E-state index in [0.717, 1.165) is 49.5 Å². The average molecular weight is 288 g/mol. The van der Waals surface area contributed by atoms with Crippen LogP contribution in [0.1, 0.15) is 30.9 Å². The summed E-state index contributed by atoms with van der Waals surface area (Å²) >= 11 is 0. The molecule has 1 aromatic heterocycles. The standard InChI is InChI=1S/C13H21N3O2.ClH/c1-3-11-10(12(4-2)18-16-11)5-13(17)15-8-9-6-14-7-9;/h9,14H,3-8H2,1-2H3,(H,15,17);1H. The molecular weight excluding hydrogens is 266 g/mol. The van der Waals surface area contributed by atoms with Gasteiger partial charge in [0.1, 0.15) is 5.76 Å². The van der Waals surface area contributed by atoms with Crippen molar-refractivity contribution in [2.45, 2.75) is 33.1 Å². The fourth-order valence-corrected chi connectivity index (χ4v) is 2.11. The van der Waals surface area contributed by atoms with Gasteiger partial charge in [-0.05, 0) is 6.42 Å². The van der Waals surface area contributed by atoms with Gasteiger partial charge < -0.3 is 15.2 Å². The molecule has 6 heteroatoms. The fraction of sp³-hybridized carbons (Fsp3) is 0.692. The molecule has 1 saturated heterocycles. The van der Waals surface area contributed by atoms with Crippen molar-refractivity contribution in [1.82, 2.24) is 15.8 Å². The molecule has 1 fully saturated rings. The van der Waals surface area contributed by atoms with E-state index in [4.69, 9.17) is 4.52 Å². The SMILES string of the molecule is CCc1noc(CC)c1CC(=O)NCC1CNC1.Cl. The molecule has 0 radical (unpaired) electrons. The number of halogens is 1. The van der Waals surface area contributed by atoms with E-state index < -0.39 is 0 Å². The highest BCUT2D eigenvalue weighted by molar-refractivity contribution is 5.85. The number of carbonyl (C=O) groups is 1. The van der Waals surface area contributed by atoms with Gasteiger partial charge in [-0.1, -0.05) is 19.0 Å². The first-order valence-corrected chi connectivity index (χ1v) is 6.68. The van der Waals surface area contributed by atoms with Crippen molar-refractivity contribution in [3.05, 3.63) is 17.0 Å². The van der Waals surface area contributed by atoms with Crippen LogP contribution in [0, 0.1) is 5.92 Å². The molecule has 0 bridgehead atoms. The van der Waals surface area contributed by atoms with Crippen molar-refractivity contribution in [2.24, 2.45) is 5.92 Å². The maximum Gasteiger partial charge on any atom is 0.224 e. The van der Waals surface area contributed by atoms with E-state index in [9.17, 15) is 4.79 Å². The third kappa shape index (κ3) is 3.94. The highest BCUT2D eigenvalue weighted by atomic mass is 35.5. The number of nitrogens with one attached hydrogen (secondary N) is 2. The highest BCUT2D eigenvalue weighted by Crippen LogP contribution is 2.16. The van der Waals surface area contributed by atoms with Crippen molar-refractivity contribution < 1.29 is 9.32 Å². The lowest BCUT2D eigenvalue weighted by Gasteiger charge is -2.27. The van der Waals surface area contributed by atoms with Crippen molar-refractivity contribution in [3.8, 4) is 0 Å². The van der Waals surface area contributed by atoms with E-state index in [-0.39, 0.29) is 18.3 Å². The van der Waals surface area contributed by atoms with Crippen LogP contribution in [-0.4, -0.2) is 30.7 Å². The summed E-state index contributed by atoms with van der Waals surface area (Å²) < 4.78 is 5.25. The Labute approximate surface area is 119 Å². The summed E-state index contributed by atoms with van der Waals surface area (Å²) in [4.78, 5) is 11.9. The van der Waals surface area contributed by atoms with Gasteiger partial charge >= 0.3 is 0 Å². The molecule has 0 atom stereocenters. The second-order valence-electron chi connectivity index (χ2n) is 4.74. The van der Waals surface area contributed by atoms with E-state index in [1.807, 2.05) is 13.8 Å². The van der Waals surface area contributed by atoms with Gasteiger partial charge in [0.25, 0.3) is 0 Å². The van der Waals surface area contributed by atoms with Crippen molar-refractivity contribution in [2.75, 3.05) is 19.6 Å². The average Bonchev–Trinajstić information content (AvgIpc) is 2.69. The van der Waals surface area contributed by atoms with Crippen LogP contribution >= 0.6 is 12.4 Å². The van der Waals surface area contributed by atoms with E-state index in [0.29, 0.717) is 12.3 Å². The summed E-state index contributed by atoms with van der Waals surface area (Å²) in [5, 5.41) is 10.2. The van der Waals surface area contributed by atoms with E-state index in [1.165, 1.54) is 0 Å². The number of hydrogen-bond acceptors (Lipinski definition) is 4. The van der Waals surface area contributed by atoms with Crippen LogP contribution in [0.25, 0.3) is 0 Å². The lowest BCUT2D eigenvalue weighted by Crippen LogP contribution is -2.48. The Morgan fingerprint density at radius 2 is 2.16 bits per heavy atom. The first-order chi connectivity index (χ1) is 8.74. The Kier molecular flexibility index (Phi) is 6.31. The van der Waals surface area contributed by atoms with Gasteiger partial charge in [-0.2, -0.15) is 0 Å². The van der Waals surface area contributed by atoms with Gasteiger partial charge in [0, 0.05) is 37.5 Å². The quantitative estimate of drug-likeness (QED) is 0.822. The summed E-state index contributed by atoms with van der Waals surface area (Å²) in [6.07, 6.45) is 1.97. The van der Waals surface area contributed by atoms with Gasteiger partial charge in [-0.15, -0.1) is 12.4 Å². The molecule has 1 aliphatic heterocycles. The molecule has 1 aliphatic rings. The van der Waals surface area contributed by atoms with Crippen LogP contribution in [0.5, 0.6) is 0 Å². The molecule has 5 nitrogen and oxygen atoms in total. The second kappa shape index (κ2) is 7.50. The monoisotopic (exact) mass is 287 g/mol. The third-order valence-electron chi connectivity index (χ3n) is 3.40. The summed E-state index contributed by atoms with van der Waals surface area (Å²) in [6.45, 7) is 6.82. The van der Waals surface area contributed by atoms with E-state index in [2.05, 4.69) is 15.8 Å². The minimum absolute atomic E-state index is 0. The van der Waals surface area contributed by atoms with Crippen LogP contribution < -0.4 is 10.6 Å². The smallest absolute Gasteiger partial charge is 0.224 e. The first kappa shape index (κ1) is 16.0. The van der Waals surface area contributed by atoms with Crippen LogP contribution in [0.15, 0.2) is 4.52 Å². The van der Waals surface area contributed by atoms with Gasteiger partial charge in [0.15, 0.2) is 0 Å². The maximum absolute atomic E-state index is 11.9. The third-order valence-corrected chi connectivity index (χ3v) is 3.40. The zero-order chi connectivity index (χ0) is 13.0. The largest absolute Gasteiger partial charge is 0.361 e. The molecule has 0 unspecified atom stereocenters. The summed E-state index contributed by atoms with van der Waals surface area (Å²) in [5.41, 5.74) is 1.89. The number of nitrogens with zero attached hydrogens (tertiary/aromatic N) is 1. The predicted molar refractivity (Wildman–Crippen MR) is 75.6 cm³/mol. The lowest BCUT2D eigenvalue weighted by molar-refractivity contribution is -0.120. The number of aryl methyl sites for hydroxylation is 2. The molecule has 19 heavy (non-hydrogen) atoms. The molecule has 2 rings (SSSR count). The topological polar surface area (TPSA) is 67.2 Å². The zero-order valence-corrected chi connectivity index (χ0v) is 12.3. The Hall–Kier alpha value is -1.07. The van der Waals surface area contributed by atoms with Crippen LogP contribution in [0.2, 0.25) is 0 Å². The zero-order valence-electron chi connectivity index (χ0n) is 11.5. The van der Waals surface area contributed by atoms with Crippen LogP contribution in [0.3, 0.4) is 0 Å². The van der Waals surface area contributed by atoms with Gasteiger partial charge in [-0.25, -0.2) is 0 Å². The van der Waals surface area contributed by atoms with Crippen molar-refractivity contribution in [1.29, 1.82) is 0 Å². The fourth-order valence-electron chi connectivity index (χ4n) is 2.11. The maximum atomic E-state index is 11.9. The number of rotatable bonds is 6. The van der Waals surface area contributed by atoms with Crippen molar-refractivity contribution in [3.63, 3.8) is 0 Å². The summed E-state index contributed by atoms with van der Waals surface area (Å²) in [6, 6.07) is 0. The Morgan fingerprint density at radius 1 is 1.42 bits per heavy atom. The highest BCUT2D eigenvalue weighted by Gasteiger charge is 2.19. The number of aromatic nitrogens is 1. The molecule has 1 aromatic rings. The van der Waals surface area contributed by atoms with Crippen LogP contribution in [-0.2, 0) is 24.1 Å². The van der Waals surface area contributed by atoms with E-state index in [1.54, 1.807) is 0 Å². The molecule has 0 spiro atoms. The lowest BCUT2D eigenvalue weighted by atomic mass is 10.0. The van der Waals surface area contributed by atoms with Crippen LogP contribution in [0.4, 0.5) is 0 Å². The van der Waals surface area contributed by atoms with E-state index >= 15 is 0 Å². The molecular formula is C13H22ClN3O2. The molecule has 108 valence electrons. The summed E-state index contributed by atoms with van der Waals surface area (Å²) in [7, 11) is 0. The number of amides is 1. The Balaban J connectivity index is 0.00000180. The van der Waals surface area contributed by atoms with Crippen molar-refractivity contribution >= 4 is 18.3 Å². The Bertz CT molecular complexity index is 395. The summed E-state index contributed by atoms with van der Waals surface area (Å²) in [5.74, 6) is 1.49. The molecule has 2 heterocycles. The second-order valence-corrected chi connectivity index (χ2v) is 4.74. The first-order valence-electron chi connectivity index (χ1n) is 6.68. The number of carbonyl (C=O) groups excluding carboxylic acids is 1. The normalized spacial score (nSPS) is 14.6. The van der Waals surface area contributed by atoms with Gasteiger partial charge in [-0.3, -0.25) is 4.79 Å². The molecule has 1 amide bonds.